The first-order chi connectivity index (χ1) is 15.7. The molecule has 0 atom stereocenters. The summed E-state index contributed by atoms with van der Waals surface area (Å²) in [6, 6.07) is 9.84. The molecule has 10 heteroatoms. The van der Waals surface area contributed by atoms with Gasteiger partial charge in [0.1, 0.15) is 29.0 Å². The molecule has 33 heavy (non-hydrogen) atoms. The summed E-state index contributed by atoms with van der Waals surface area (Å²) in [4.78, 5) is 13.0. The van der Waals surface area contributed by atoms with Crippen molar-refractivity contribution in [2.45, 2.75) is 6.92 Å². The van der Waals surface area contributed by atoms with Crippen molar-refractivity contribution in [1.29, 1.82) is 0 Å². The average Bonchev–Trinajstić information content (AvgIpc) is 2.74. The molecule has 0 aliphatic carbocycles. The maximum absolute atomic E-state index is 13.4. The van der Waals surface area contributed by atoms with Gasteiger partial charge in [0, 0.05) is 38.0 Å². The summed E-state index contributed by atoms with van der Waals surface area (Å²) in [6.45, 7) is 3.50. The number of aromatic nitrogens is 2. The van der Waals surface area contributed by atoms with E-state index in [1.54, 1.807) is 26.2 Å². The first-order valence-electron chi connectivity index (χ1n) is 10.3. The van der Waals surface area contributed by atoms with Gasteiger partial charge in [0.05, 0.1) is 29.2 Å². The number of anilines is 6. The second kappa shape index (κ2) is 10.5. The molecule has 176 valence electrons. The summed E-state index contributed by atoms with van der Waals surface area (Å²) in [5, 5.41) is 6.40. The summed E-state index contributed by atoms with van der Waals surface area (Å²) in [5.74, 6) is 1.77. The minimum absolute atomic E-state index is 0.0278. The number of hydrogen-bond acceptors (Lipinski definition) is 8. The molecule has 0 saturated carbocycles. The van der Waals surface area contributed by atoms with E-state index in [0.717, 1.165) is 18.8 Å². The van der Waals surface area contributed by atoms with Gasteiger partial charge in [0.2, 0.25) is 0 Å². The Kier molecular flexibility index (Phi) is 7.78. The topological polar surface area (TPSA) is 91.6 Å². The van der Waals surface area contributed by atoms with Crippen LogP contribution in [0.3, 0.4) is 0 Å². The zero-order valence-corrected chi connectivity index (χ0v) is 20.2. The first-order valence-corrected chi connectivity index (χ1v) is 10.7. The lowest BCUT2D eigenvalue weighted by Gasteiger charge is -2.24. The number of methoxy groups -OCH3 is 1. The number of halogens is 2. The van der Waals surface area contributed by atoms with Crippen LogP contribution in [0.5, 0.6) is 5.75 Å². The molecular formula is C23H29ClFN7O. The van der Waals surface area contributed by atoms with E-state index >= 15 is 0 Å². The van der Waals surface area contributed by atoms with Crippen molar-refractivity contribution in [1.82, 2.24) is 14.9 Å². The van der Waals surface area contributed by atoms with Gasteiger partial charge in [-0.25, -0.2) is 14.4 Å². The van der Waals surface area contributed by atoms with Crippen molar-refractivity contribution in [2.24, 2.45) is 0 Å². The lowest BCUT2D eigenvalue weighted by atomic mass is 10.2. The highest BCUT2D eigenvalue weighted by atomic mass is 35.5. The fourth-order valence-electron chi connectivity index (χ4n) is 3.21. The number of rotatable bonds is 9. The molecule has 4 N–H and O–H groups in total. The lowest BCUT2D eigenvalue weighted by Crippen LogP contribution is -2.29. The molecule has 1 heterocycles. The SMILES string of the molecule is COc1cc(N(C)CCN(C)C)c(N)cc1Nc1cc(Nc2ccc(F)c(Cl)c2)nc(C)n1. The Balaban J connectivity index is 1.84. The Morgan fingerprint density at radius 3 is 2.36 bits per heavy atom. The fourth-order valence-corrected chi connectivity index (χ4v) is 3.39. The molecule has 8 nitrogen and oxygen atoms in total. The van der Waals surface area contributed by atoms with E-state index in [2.05, 4.69) is 30.4 Å². The van der Waals surface area contributed by atoms with Crippen LogP contribution in [0, 0.1) is 12.7 Å². The number of nitrogen functional groups attached to an aromatic ring is 1. The highest BCUT2D eigenvalue weighted by Gasteiger charge is 2.14. The number of aryl methyl sites for hydroxylation is 1. The standard InChI is InChI=1S/C23H29ClFN7O/c1-14-27-22(29-15-6-7-17(25)16(24)10-15)13-23(28-14)30-19-11-18(26)20(12-21(19)33-5)32(4)9-8-31(2)3/h6-7,10-13H,8-9,26H2,1-5H3,(H2,27,28,29,30). The van der Waals surface area contributed by atoms with Crippen molar-refractivity contribution >= 4 is 46.0 Å². The van der Waals surface area contributed by atoms with Gasteiger partial charge in [-0.1, -0.05) is 11.6 Å². The minimum atomic E-state index is -0.482. The lowest BCUT2D eigenvalue weighted by molar-refractivity contribution is 0.413. The smallest absolute Gasteiger partial charge is 0.144 e. The number of benzene rings is 2. The zero-order chi connectivity index (χ0) is 24.1. The monoisotopic (exact) mass is 473 g/mol. The second-order valence-corrected chi connectivity index (χ2v) is 8.31. The van der Waals surface area contributed by atoms with Crippen LogP contribution in [0.25, 0.3) is 0 Å². The molecule has 0 amide bonds. The van der Waals surface area contributed by atoms with Gasteiger partial charge in [-0.2, -0.15) is 0 Å². The molecule has 0 bridgehead atoms. The van der Waals surface area contributed by atoms with Crippen molar-refractivity contribution in [3.63, 3.8) is 0 Å². The largest absolute Gasteiger partial charge is 0.494 e. The summed E-state index contributed by atoms with van der Waals surface area (Å²) >= 11 is 5.88. The van der Waals surface area contributed by atoms with E-state index in [0.29, 0.717) is 40.3 Å². The quantitative estimate of drug-likeness (QED) is 0.387. The average molecular weight is 474 g/mol. The summed E-state index contributed by atoms with van der Waals surface area (Å²) in [6.07, 6.45) is 0. The van der Waals surface area contributed by atoms with E-state index < -0.39 is 5.82 Å². The molecular weight excluding hydrogens is 445 g/mol. The minimum Gasteiger partial charge on any atom is -0.494 e. The van der Waals surface area contributed by atoms with Crippen molar-refractivity contribution in [2.75, 3.05) is 62.6 Å². The Morgan fingerprint density at radius 1 is 1.03 bits per heavy atom. The van der Waals surface area contributed by atoms with Crippen LogP contribution in [0.15, 0.2) is 36.4 Å². The van der Waals surface area contributed by atoms with Crippen LogP contribution in [0.4, 0.5) is 38.8 Å². The van der Waals surface area contributed by atoms with Gasteiger partial charge in [-0.15, -0.1) is 0 Å². The third kappa shape index (κ3) is 6.36. The Hall–Kier alpha value is -3.30. The molecule has 0 aliphatic heterocycles. The molecule has 3 aromatic rings. The van der Waals surface area contributed by atoms with Crippen molar-refractivity contribution < 1.29 is 9.13 Å². The molecule has 2 aromatic carbocycles. The summed E-state index contributed by atoms with van der Waals surface area (Å²) in [5.41, 5.74) is 9.14. The van der Waals surface area contributed by atoms with Crippen LogP contribution < -0.4 is 26.0 Å². The van der Waals surface area contributed by atoms with Crippen LogP contribution in [-0.2, 0) is 0 Å². The number of ether oxygens (including phenoxy) is 1. The first kappa shape index (κ1) is 24.3. The van der Waals surface area contributed by atoms with Gasteiger partial charge >= 0.3 is 0 Å². The number of nitrogens with one attached hydrogen (secondary N) is 2. The maximum Gasteiger partial charge on any atom is 0.144 e. The van der Waals surface area contributed by atoms with Crippen molar-refractivity contribution in [3.8, 4) is 5.75 Å². The van der Waals surface area contributed by atoms with Gasteiger partial charge in [0.25, 0.3) is 0 Å². The molecule has 0 fully saturated rings. The van der Waals surface area contributed by atoms with Gasteiger partial charge in [-0.05, 0) is 45.3 Å². The Morgan fingerprint density at radius 2 is 1.73 bits per heavy atom. The van der Waals surface area contributed by atoms with Crippen LogP contribution in [-0.4, -0.2) is 56.2 Å². The normalized spacial score (nSPS) is 10.9. The van der Waals surface area contributed by atoms with Gasteiger partial charge in [0.15, 0.2) is 0 Å². The number of likely N-dealkylation sites (N-methyl/N-ethyl adjacent to an activating group) is 2. The number of hydrogen-bond donors (Lipinski definition) is 3. The van der Waals surface area contributed by atoms with Crippen LogP contribution in [0.1, 0.15) is 5.82 Å². The molecule has 0 aliphatic rings. The zero-order valence-electron chi connectivity index (χ0n) is 19.4. The van der Waals surface area contributed by atoms with Crippen LogP contribution in [0.2, 0.25) is 5.02 Å². The molecule has 0 radical (unpaired) electrons. The molecule has 0 spiro atoms. The molecule has 1 aromatic heterocycles. The third-order valence-electron chi connectivity index (χ3n) is 4.94. The Labute approximate surface area is 198 Å². The Bertz CT molecular complexity index is 1130. The highest BCUT2D eigenvalue weighted by molar-refractivity contribution is 6.31. The van der Waals surface area contributed by atoms with E-state index in [-0.39, 0.29) is 5.02 Å². The van der Waals surface area contributed by atoms with Crippen LogP contribution >= 0.6 is 11.6 Å². The van der Waals surface area contributed by atoms with E-state index in [1.807, 2.05) is 33.3 Å². The van der Waals surface area contributed by atoms with E-state index in [1.165, 1.54) is 12.1 Å². The molecule has 3 rings (SSSR count). The second-order valence-electron chi connectivity index (χ2n) is 7.90. The molecule has 0 saturated heterocycles. The van der Waals surface area contributed by atoms with Gasteiger partial charge in [-0.3, -0.25) is 0 Å². The van der Waals surface area contributed by atoms with Crippen molar-refractivity contribution in [3.05, 3.63) is 53.1 Å². The molecule has 0 unspecified atom stereocenters. The fraction of sp³-hybridized carbons (Fsp3) is 0.304. The number of nitrogens with zero attached hydrogens (tertiary/aromatic N) is 4. The maximum atomic E-state index is 13.4. The number of nitrogens with two attached hydrogens (primary N) is 1. The summed E-state index contributed by atoms with van der Waals surface area (Å²) in [7, 11) is 7.66. The summed E-state index contributed by atoms with van der Waals surface area (Å²) < 4.78 is 19.1. The van der Waals surface area contributed by atoms with E-state index in [9.17, 15) is 4.39 Å². The predicted octanol–water partition coefficient (Wildman–Crippen LogP) is 4.65. The van der Waals surface area contributed by atoms with E-state index in [4.69, 9.17) is 22.1 Å². The predicted molar refractivity (Wildman–Crippen MR) is 134 cm³/mol. The van der Waals surface area contributed by atoms with Gasteiger partial charge < -0.3 is 30.9 Å². The highest BCUT2D eigenvalue weighted by Crippen LogP contribution is 2.36. The third-order valence-corrected chi connectivity index (χ3v) is 5.23.